The van der Waals surface area contributed by atoms with E-state index in [0.717, 1.165) is 18.1 Å². The van der Waals surface area contributed by atoms with Crippen LogP contribution in [0.2, 0.25) is 0 Å². The molecule has 1 N–H and O–H groups in total. The Bertz CT molecular complexity index is 513. The number of alkyl halides is 2. The SMILES string of the molecule is CC(C)(C)CC1CN=C(Nc2ccccc2SC(F)F)S1. The number of anilines is 1. The van der Waals surface area contributed by atoms with Gasteiger partial charge in [-0.2, -0.15) is 8.78 Å². The second-order valence-electron chi connectivity index (χ2n) is 6.15. The van der Waals surface area contributed by atoms with Crippen LogP contribution in [0.4, 0.5) is 14.5 Å². The molecule has 0 amide bonds. The molecule has 1 aromatic carbocycles. The van der Waals surface area contributed by atoms with Gasteiger partial charge in [-0.15, -0.1) is 0 Å². The molecule has 0 aromatic heterocycles. The lowest BCUT2D eigenvalue weighted by atomic mass is 9.90. The number of nitrogens with one attached hydrogen (secondary N) is 1. The van der Waals surface area contributed by atoms with Gasteiger partial charge < -0.3 is 5.32 Å². The Labute approximate surface area is 133 Å². The largest absolute Gasteiger partial charge is 0.334 e. The van der Waals surface area contributed by atoms with Crippen LogP contribution in [0.5, 0.6) is 0 Å². The van der Waals surface area contributed by atoms with E-state index < -0.39 is 5.76 Å². The molecule has 0 spiro atoms. The first-order valence-electron chi connectivity index (χ1n) is 6.85. The van der Waals surface area contributed by atoms with Crippen LogP contribution < -0.4 is 5.32 Å². The van der Waals surface area contributed by atoms with Crippen LogP contribution in [-0.4, -0.2) is 22.7 Å². The number of para-hydroxylation sites is 1. The van der Waals surface area contributed by atoms with Crippen molar-refractivity contribution in [2.45, 2.75) is 43.1 Å². The van der Waals surface area contributed by atoms with E-state index in [4.69, 9.17) is 0 Å². The number of rotatable bonds is 4. The zero-order chi connectivity index (χ0) is 15.5. The number of halogens is 2. The van der Waals surface area contributed by atoms with Crippen LogP contribution in [0.15, 0.2) is 34.2 Å². The van der Waals surface area contributed by atoms with Crippen molar-refractivity contribution in [1.82, 2.24) is 0 Å². The first-order chi connectivity index (χ1) is 9.83. The number of hydrogen-bond acceptors (Lipinski definition) is 4. The Hall–Kier alpha value is -0.750. The fourth-order valence-corrected chi connectivity index (χ4v) is 4.12. The van der Waals surface area contributed by atoms with Gasteiger partial charge in [-0.05, 0) is 24.0 Å². The zero-order valence-electron chi connectivity index (χ0n) is 12.4. The normalized spacial score (nSPS) is 19.0. The van der Waals surface area contributed by atoms with E-state index in [0.29, 0.717) is 27.6 Å². The molecule has 2 rings (SSSR count). The van der Waals surface area contributed by atoms with Crippen LogP contribution in [0.25, 0.3) is 0 Å². The van der Waals surface area contributed by atoms with E-state index >= 15 is 0 Å². The molecule has 1 unspecified atom stereocenters. The lowest BCUT2D eigenvalue weighted by Crippen LogP contribution is -2.16. The molecule has 1 aliphatic heterocycles. The number of benzene rings is 1. The van der Waals surface area contributed by atoms with Gasteiger partial charge in [0.2, 0.25) is 0 Å². The minimum absolute atomic E-state index is 0.270. The van der Waals surface area contributed by atoms with Gasteiger partial charge in [0.1, 0.15) is 0 Å². The molecular formula is C15H20F2N2S2. The number of thioether (sulfide) groups is 2. The first-order valence-corrected chi connectivity index (χ1v) is 8.61. The third kappa shape index (κ3) is 5.51. The van der Waals surface area contributed by atoms with Crippen molar-refractivity contribution >= 4 is 34.4 Å². The maximum atomic E-state index is 12.6. The van der Waals surface area contributed by atoms with Gasteiger partial charge in [0.15, 0.2) is 5.17 Å². The summed E-state index contributed by atoms with van der Waals surface area (Å²) in [4.78, 5) is 5.04. The molecule has 116 valence electrons. The first kappa shape index (κ1) is 16.6. The molecule has 1 aliphatic rings. The molecule has 0 radical (unpaired) electrons. The van der Waals surface area contributed by atoms with Gasteiger partial charge in [-0.1, -0.05) is 56.4 Å². The zero-order valence-corrected chi connectivity index (χ0v) is 14.0. The summed E-state index contributed by atoms with van der Waals surface area (Å²) < 4.78 is 25.1. The van der Waals surface area contributed by atoms with Crippen LogP contribution in [0, 0.1) is 5.41 Å². The minimum Gasteiger partial charge on any atom is -0.334 e. The number of hydrogen-bond donors (Lipinski definition) is 1. The fourth-order valence-electron chi connectivity index (χ4n) is 2.16. The van der Waals surface area contributed by atoms with Gasteiger partial charge in [-0.3, -0.25) is 4.99 Å². The highest BCUT2D eigenvalue weighted by Gasteiger charge is 2.25. The summed E-state index contributed by atoms with van der Waals surface area (Å²) in [5, 5.41) is 4.48. The average molecular weight is 330 g/mol. The van der Waals surface area contributed by atoms with Crippen molar-refractivity contribution in [1.29, 1.82) is 0 Å². The van der Waals surface area contributed by atoms with Crippen molar-refractivity contribution in [2.24, 2.45) is 10.4 Å². The molecule has 0 saturated carbocycles. The lowest BCUT2D eigenvalue weighted by Gasteiger charge is -2.21. The highest BCUT2D eigenvalue weighted by molar-refractivity contribution is 8.15. The van der Waals surface area contributed by atoms with Crippen molar-refractivity contribution < 1.29 is 8.78 Å². The Kier molecular flexibility index (Phi) is 5.54. The third-order valence-corrected chi connectivity index (χ3v) is 4.79. The number of aliphatic imine (C=N–C) groups is 1. The number of amidine groups is 1. The van der Waals surface area contributed by atoms with E-state index in [1.165, 1.54) is 0 Å². The highest BCUT2D eigenvalue weighted by Crippen LogP contribution is 2.35. The van der Waals surface area contributed by atoms with Crippen LogP contribution in [0.3, 0.4) is 0 Å². The summed E-state index contributed by atoms with van der Waals surface area (Å²) in [6.07, 6.45) is 1.08. The van der Waals surface area contributed by atoms with E-state index in [1.807, 2.05) is 12.1 Å². The molecule has 21 heavy (non-hydrogen) atoms. The van der Waals surface area contributed by atoms with Gasteiger partial charge in [0.25, 0.3) is 5.76 Å². The average Bonchev–Trinajstić information content (AvgIpc) is 2.76. The maximum absolute atomic E-state index is 12.6. The van der Waals surface area contributed by atoms with Crippen molar-refractivity contribution in [3.05, 3.63) is 24.3 Å². The van der Waals surface area contributed by atoms with Crippen LogP contribution >= 0.6 is 23.5 Å². The molecule has 0 aliphatic carbocycles. The van der Waals surface area contributed by atoms with Gasteiger partial charge in [0.05, 0.1) is 12.2 Å². The Balaban J connectivity index is 1.97. The maximum Gasteiger partial charge on any atom is 0.288 e. The van der Waals surface area contributed by atoms with Gasteiger partial charge in [0, 0.05) is 10.1 Å². The Morgan fingerprint density at radius 1 is 1.38 bits per heavy atom. The predicted octanol–water partition coefficient (Wildman–Crippen LogP) is 5.32. The molecule has 0 bridgehead atoms. The van der Waals surface area contributed by atoms with E-state index in [2.05, 4.69) is 31.1 Å². The summed E-state index contributed by atoms with van der Waals surface area (Å²) in [5.74, 6) is -2.42. The fraction of sp³-hybridized carbons (Fsp3) is 0.533. The Morgan fingerprint density at radius 2 is 2.10 bits per heavy atom. The third-order valence-electron chi connectivity index (χ3n) is 2.90. The van der Waals surface area contributed by atoms with Crippen molar-refractivity contribution in [3.8, 4) is 0 Å². The second kappa shape index (κ2) is 7.01. The molecule has 0 fully saturated rings. The predicted molar refractivity (Wildman–Crippen MR) is 89.7 cm³/mol. The second-order valence-corrected chi connectivity index (χ2v) is 8.47. The quantitative estimate of drug-likeness (QED) is 0.756. The highest BCUT2D eigenvalue weighted by atomic mass is 32.2. The van der Waals surface area contributed by atoms with E-state index in [1.54, 1.807) is 23.9 Å². The molecule has 1 heterocycles. The minimum atomic E-state index is -2.42. The lowest BCUT2D eigenvalue weighted by molar-refractivity contribution is 0.252. The molecule has 2 nitrogen and oxygen atoms in total. The summed E-state index contributed by atoms with van der Waals surface area (Å²) >= 11 is 2.26. The molecular weight excluding hydrogens is 310 g/mol. The van der Waals surface area contributed by atoms with Crippen molar-refractivity contribution in [2.75, 3.05) is 11.9 Å². The van der Waals surface area contributed by atoms with E-state index in [9.17, 15) is 8.78 Å². The van der Waals surface area contributed by atoms with Crippen molar-refractivity contribution in [3.63, 3.8) is 0 Å². The summed E-state index contributed by atoms with van der Waals surface area (Å²) in [6.45, 7) is 7.43. The van der Waals surface area contributed by atoms with E-state index in [-0.39, 0.29) is 5.41 Å². The van der Waals surface area contributed by atoms with Gasteiger partial charge >= 0.3 is 0 Å². The smallest absolute Gasteiger partial charge is 0.288 e. The van der Waals surface area contributed by atoms with Crippen LogP contribution in [0.1, 0.15) is 27.2 Å². The number of nitrogens with zero attached hydrogens (tertiary/aromatic N) is 1. The molecule has 1 aromatic rings. The standard InChI is InChI=1S/C15H20F2N2S2/c1-15(2,3)8-10-9-18-14(20-10)19-11-6-4-5-7-12(11)21-13(16)17/h4-7,10,13H,8-9H2,1-3H3,(H,18,19). The van der Waals surface area contributed by atoms with Gasteiger partial charge in [-0.25, -0.2) is 0 Å². The summed E-state index contributed by atoms with van der Waals surface area (Å²) in [7, 11) is 0. The monoisotopic (exact) mass is 330 g/mol. The molecule has 1 atom stereocenters. The summed E-state index contributed by atoms with van der Waals surface area (Å²) in [6, 6.07) is 7.11. The van der Waals surface area contributed by atoms with Crippen LogP contribution in [-0.2, 0) is 0 Å². The Morgan fingerprint density at radius 3 is 2.76 bits per heavy atom. The summed E-state index contributed by atoms with van der Waals surface area (Å²) in [5.41, 5.74) is 0.969. The topological polar surface area (TPSA) is 24.4 Å². The molecule has 0 saturated heterocycles. The molecule has 6 heteroatoms.